The summed E-state index contributed by atoms with van der Waals surface area (Å²) in [7, 11) is 0. The molecule has 2 unspecified atom stereocenters. The number of rotatable bonds is 5. The Morgan fingerprint density at radius 3 is 1.95 bits per heavy atom. The molecule has 0 heteroatoms. The standard InChI is InChI=1S/C19H36/c1-7-8-10-16(2,3)13-17(4)14-18(5)11-9-12-19(18,6)15-17/h7-15H2,1-6H3. The molecule has 2 fully saturated rings. The average Bonchev–Trinajstić information content (AvgIpc) is 2.58. The molecule has 2 aliphatic rings. The minimum Gasteiger partial charge on any atom is -0.0654 e. The Morgan fingerprint density at radius 2 is 1.47 bits per heavy atom. The van der Waals surface area contributed by atoms with Gasteiger partial charge in [0.15, 0.2) is 0 Å². The van der Waals surface area contributed by atoms with Crippen molar-refractivity contribution >= 4 is 0 Å². The van der Waals surface area contributed by atoms with Crippen LogP contribution in [0, 0.1) is 21.7 Å². The zero-order valence-electron chi connectivity index (χ0n) is 14.4. The maximum atomic E-state index is 2.59. The molecule has 2 rings (SSSR count). The molecular formula is C19H36. The lowest BCUT2D eigenvalue weighted by molar-refractivity contribution is 0.147. The van der Waals surface area contributed by atoms with Gasteiger partial charge in [-0.2, -0.15) is 0 Å². The van der Waals surface area contributed by atoms with E-state index < -0.39 is 0 Å². The van der Waals surface area contributed by atoms with E-state index in [1.165, 1.54) is 57.8 Å². The van der Waals surface area contributed by atoms with Gasteiger partial charge in [0, 0.05) is 0 Å². The van der Waals surface area contributed by atoms with Crippen LogP contribution in [0.15, 0.2) is 0 Å². The van der Waals surface area contributed by atoms with E-state index in [-0.39, 0.29) is 0 Å². The predicted octanol–water partition coefficient (Wildman–Crippen LogP) is 6.59. The summed E-state index contributed by atoms with van der Waals surface area (Å²) in [6.45, 7) is 15.1. The second-order valence-electron chi connectivity index (χ2n) is 9.58. The highest BCUT2D eigenvalue weighted by molar-refractivity contribution is 5.09. The third-order valence-electron chi connectivity index (χ3n) is 6.66. The van der Waals surface area contributed by atoms with Crippen LogP contribution in [0.2, 0.25) is 0 Å². The maximum Gasteiger partial charge on any atom is -0.0267 e. The van der Waals surface area contributed by atoms with Gasteiger partial charge in [0.1, 0.15) is 0 Å². The SMILES string of the molecule is CCCCC(C)(C)CC1(C)CC2(C)CCCC2(C)C1. The molecular weight excluding hydrogens is 228 g/mol. The van der Waals surface area contributed by atoms with Crippen LogP contribution in [-0.4, -0.2) is 0 Å². The number of hydrogen-bond acceptors (Lipinski definition) is 0. The summed E-state index contributed by atoms with van der Waals surface area (Å²) in [5, 5.41) is 0. The summed E-state index contributed by atoms with van der Waals surface area (Å²) in [5.74, 6) is 0. The fourth-order valence-electron chi connectivity index (χ4n) is 6.05. The van der Waals surface area contributed by atoms with Gasteiger partial charge in [-0.3, -0.25) is 0 Å². The van der Waals surface area contributed by atoms with Gasteiger partial charge >= 0.3 is 0 Å². The Hall–Kier alpha value is 0. The van der Waals surface area contributed by atoms with E-state index in [1.807, 2.05) is 0 Å². The molecule has 0 radical (unpaired) electrons. The normalized spacial score (nSPS) is 42.6. The van der Waals surface area contributed by atoms with Crippen LogP contribution >= 0.6 is 0 Å². The molecule has 0 aliphatic heterocycles. The van der Waals surface area contributed by atoms with Gasteiger partial charge in [0.2, 0.25) is 0 Å². The quantitative estimate of drug-likeness (QED) is 0.525. The average molecular weight is 264 g/mol. The van der Waals surface area contributed by atoms with Crippen LogP contribution in [0.3, 0.4) is 0 Å². The molecule has 19 heavy (non-hydrogen) atoms. The lowest BCUT2D eigenvalue weighted by atomic mass is 9.69. The van der Waals surface area contributed by atoms with E-state index in [0.717, 1.165) is 0 Å². The summed E-state index contributed by atoms with van der Waals surface area (Å²) < 4.78 is 0. The van der Waals surface area contributed by atoms with Crippen molar-refractivity contribution in [2.75, 3.05) is 0 Å². The van der Waals surface area contributed by atoms with Crippen molar-refractivity contribution in [1.82, 2.24) is 0 Å². The Morgan fingerprint density at radius 1 is 0.947 bits per heavy atom. The first-order valence-corrected chi connectivity index (χ1v) is 8.64. The van der Waals surface area contributed by atoms with Crippen molar-refractivity contribution in [3.8, 4) is 0 Å². The molecule has 0 aromatic rings. The molecule has 0 N–H and O–H groups in total. The van der Waals surface area contributed by atoms with Gasteiger partial charge in [-0.25, -0.2) is 0 Å². The lowest BCUT2D eigenvalue weighted by Crippen LogP contribution is -2.25. The Bertz CT molecular complexity index is 309. The van der Waals surface area contributed by atoms with E-state index in [2.05, 4.69) is 41.5 Å². The minimum atomic E-state index is 0.538. The maximum absolute atomic E-state index is 2.59. The van der Waals surface area contributed by atoms with Gasteiger partial charge in [-0.1, -0.05) is 60.8 Å². The van der Waals surface area contributed by atoms with Crippen molar-refractivity contribution in [1.29, 1.82) is 0 Å². The van der Waals surface area contributed by atoms with Crippen LogP contribution in [0.1, 0.15) is 99.3 Å². The largest absolute Gasteiger partial charge is 0.0654 e. The monoisotopic (exact) mass is 264 g/mol. The van der Waals surface area contributed by atoms with Gasteiger partial charge in [-0.05, 0) is 60.2 Å². The summed E-state index contributed by atoms with van der Waals surface area (Å²) >= 11 is 0. The first-order valence-electron chi connectivity index (χ1n) is 8.64. The van der Waals surface area contributed by atoms with Crippen LogP contribution < -0.4 is 0 Å². The predicted molar refractivity (Wildman–Crippen MR) is 85.3 cm³/mol. The molecule has 2 saturated carbocycles. The van der Waals surface area contributed by atoms with Gasteiger partial charge in [0.25, 0.3) is 0 Å². The Labute approximate surface area is 121 Å². The highest BCUT2D eigenvalue weighted by Crippen LogP contribution is 2.69. The number of fused-ring (bicyclic) bond motifs is 1. The summed E-state index contributed by atoms with van der Waals surface area (Å²) in [6.07, 6.45) is 13.0. The number of hydrogen-bond donors (Lipinski definition) is 0. The van der Waals surface area contributed by atoms with E-state index in [1.54, 1.807) is 0 Å². The van der Waals surface area contributed by atoms with E-state index in [9.17, 15) is 0 Å². The van der Waals surface area contributed by atoms with Gasteiger partial charge in [0.05, 0.1) is 0 Å². The van der Waals surface area contributed by atoms with E-state index in [0.29, 0.717) is 21.7 Å². The minimum absolute atomic E-state index is 0.538. The molecule has 0 saturated heterocycles. The van der Waals surface area contributed by atoms with Crippen molar-refractivity contribution < 1.29 is 0 Å². The van der Waals surface area contributed by atoms with Crippen molar-refractivity contribution in [2.24, 2.45) is 21.7 Å². The molecule has 2 atom stereocenters. The molecule has 0 bridgehead atoms. The van der Waals surface area contributed by atoms with E-state index >= 15 is 0 Å². The fraction of sp³-hybridized carbons (Fsp3) is 1.00. The first kappa shape index (κ1) is 15.4. The van der Waals surface area contributed by atoms with E-state index in [4.69, 9.17) is 0 Å². The van der Waals surface area contributed by atoms with Crippen molar-refractivity contribution in [3.63, 3.8) is 0 Å². The molecule has 112 valence electrons. The molecule has 0 heterocycles. The number of unbranched alkanes of at least 4 members (excludes halogenated alkanes) is 1. The van der Waals surface area contributed by atoms with Crippen LogP contribution in [-0.2, 0) is 0 Å². The van der Waals surface area contributed by atoms with Crippen LogP contribution in [0.25, 0.3) is 0 Å². The zero-order valence-corrected chi connectivity index (χ0v) is 14.4. The third-order valence-corrected chi connectivity index (χ3v) is 6.66. The second kappa shape index (κ2) is 4.78. The molecule has 0 spiro atoms. The zero-order chi connectivity index (χ0) is 14.4. The lowest BCUT2D eigenvalue weighted by Gasteiger charge is -2.36. The molecule has 0 aromatic carbocycles. The third kappa shape index (κ3) is 2.88. The highest BCUT2D eigenvalue weighted by atomic mass is 14.6. The first-order chi connectivity index (χ1) is 8.64. The molecule has 0 amide bonds. The molecule has 0 aromatic heterocycles. The summed E-state index contributed by atoms with van der Waals surface area (Å²) in [5.41, 5.74) is 2.42. The Balaban J connectivity index is 2.06. The van der Waals surface area contributed by atoms with Gasteiger partial charge < -0.3 is 0 Å². The second-order valence-corrected chi connectivity index (χ2v) is 9.58. The van der Waals surface area contributed by atoms with Gasteiger partial charge in [-0.15, -0.1) is 0 Å². The smallest absolute Gasteiger partial charge is 0.0267 e. The fourth-order valence-corrected chi connectivity index (χ4v) is 6.05. The van der Waals surface area contributed by atoms with Crippen LogP contribution in [0.5, 0.6) is 0 Å². The topological polar surface area (TPSA) is 0 Å². The molecule has 0 nitrogen and oxygen atoms in total. The summed E-state index contributed by atoms with van der Waals surface area (Å²) in [4.78, 5) is 0. The highest BCUT2D eigenvalue weighted by Gasteiger charge is 2.59. The van der Waals surface area contributed by atoms with Crippen LogP contribution in [0.4, 0.5) is 0 Å². The van der Waals surface area contributed by atoms with Crippen molar-refractivity contribution in [2.45, 2.75) is 99.3 Å². The van der Waals surface area contributed by atoms with Crippen molar-refractivity contribution in [3.05, 3.63) is 0 Å². The summed E-state index contributed by atoms with van der Waals surface area (Å²) in [6, 6.07) is 0. The Kier molecular flexibility index (Phi) is 3.87. The molecule has 2 aliphatic carbocycles.